The predicted molar refractivity (Wildman–Crippen MR) is 106 cm³/mol. The molecule has 0 atom stereocenters. The van der Waals surface area contributed by atoms with E-state index in [-0.39, 0.29) is 5.91 Å². The summed E-state index contributed by atoms with van der Waals surface area (Å²) in [6.45, 7) is 5.46. The highest BCUT2D eigenvalue weighted by Crippen LogP contribution is 2.20. The van der Waals surface area contributed by atoms with Gasteiger partial charge in [-0.25, -0.2) is 0 Å². The molecule has 0 aromatic heterocycles. The Morgan fingerprint density at radius 2 is 2.04 bits per heavy atom. The van der Waals surface area contributed by atoms with Crippen molar-refractivity contribution in [3.05, 3.63) is 29.8 Å². The van der Waals surface area contributed by atoms with E-state index >= 15 is 0 Å². The van der Waals surface area contributed by atoms with Gasteiger partial charge in [-0.3, -0.25) is 9.79 Å². The third kappa shape index (κ3) is 6.24. The lowest BCUT2D eigenvalue weighted by Crippen LogP contribution is -2.46. The molecule has 1 saturated heterocycles. The first-order valence-electron chi connectivity index (χ1n) is 9.48. The van der Waals surface area contributed by atoms with Gasteiger partial charge in [-0.2, -0.15) is 0 Å². The van der Waals surface area contributed by atoms with Crippen LogP contribution in [0.2, 0.25) is 0 Å². The minimum atomic E-state index is 0.139. The fraction of sp³-hybridized carbons (Fsp3) is 0.600. The highest BCUT2D eigenvalue weighted by atomic mass is 16.5. The minimum absolute atomic E-state index is 0.139. The van der Waals surface area contributed by atoms with E-state index in [9.17, 15) is 4.79 Å². The second-order valence-corrected chi connectivity index (χ2v) is 6.75. The zero-order valence-electron chi connectivity index (χ0n) is 16.3. The number of aliphatic imine (C=N–C) groups is 1. The van der Waals surface area contributed by atoms with Gasteiger partial charge in [-0.15, -0.1) is 0 Å². The number of hydrogen-bond acceptors (Lipinski definition) is 3. The lowest BCUT2D eigenvalue weighted by atomic mass is 9.93. The molecule has 6 nitrogen and oxygen atoms in total. The Morgan fingerprint density at radius 1 is 1.31 bits per heavy atom. The number of para-hydroxylation sites is 1. The Morgan fingerprint density at radius 3 is 2.69 bits per heavy atom. The second-order valence-electron chi connectivity index (χ2n) is 6.75. The van der Waals surface area contributed by atoms with Gasteiger partial charge in [-0.1, -0.05) is 18.2 Å². The van der Waals surface area contributed by atoms with Gasteiger partial charge in [0, 0.05) is 40.2 Å². The van der Waals surface area contributed by atoms with E-state index in [1.54, 1.807) is 7.05 Å². The molecule has 0 spiro atoms. The van der Waals surface area contributed by atoms with Gasteiger partial charge in [0.05, 0.1) is 6.61 Å². The maximum absolute atomic E-state index is 11.5. The van der Waals surface area contributed by atoms with Crippen LogP contribution in [0.4, 0.5) is 0 Å². The van der Waals surface area contributed by atoms with Crippen LogP contribution in [0.25, 0.3) is 0 Å². The number of amides is 1. The van der Waals surface area contributed by atoms with E-state index in [1.165, 1.54) is 0 Å². The van der Waals surface area contributed by atoms with Crippen LogP contribution in [-0.4, -0.2) is 57.1 Å². The molecule has 1 heterocycles. The summed E-state index contributed by atoms with van der Waals surface area (Å²) in [5.74, 6) is 2.51. The summed E-state index contributed by atoms with van der Waals surface area (Å²) in [5, 5.41) is 6.14. The maximum atomic E-state index is 11.5. The summed E-state index contributed by atoms with van der Waals surface area (Å²) in [7, 11) is 3.52. The molecule has 1 aromatic rings. The predicted octanol–water partition coefficient (Wildman–Crippen LogP) is 2.19. The van der Waals surface area contributed by atoms with Crippen molar-refractivity contribution in [2.24, 2.45) is 10.9 Å². The van der Waals surface area contributed by atoms with Gasteiger partial charge in [0.25, 0.3) is 0 Å². The fourth-order valence-electron chi connectivity index (χ4n) is 3.22. The normalized spacial score (nSPS) is 15.7. The van der Waals surface area contributed by atoms with Crippen LogP contribution < -0.4 is 15.4 Å². The highest BCUT2D eigenvalue weighted by Gasteiger charge is 2.22. The van der Waals surface area contributed by atoms with Gasteiger partial charge < -0.3 is 20.3 Å². The minimum Gasteiger partial charge on any atom is -0.493 e. The topological polar surface area (TPSA) is 66.0 Å². The van der Waals surface area contributed by atoms with Crippen LogP contribution in [0.15, 0.2) is 29.3 Å². The largest absolute Gasteiger partial charge is 0.493 e. The molecule has 2 N–H and O–H groups in total. The van der Waals surface area contributed by atoms with Crippen LogP contribution in [-0.2, 0) is 4.79 Å². The second kappa shape index (κ2) is 10.7. The van der Waals surface area contributed by atoms with Crippen molar-refractivity contribution in [2.45, 2.75) is 32.6 Å². The van der Waals surface area contributed by atoms with Crippen LogP contribution in [0.5, 0.6) is 5.75 Å². The number of guanidine groups is 1. The molecule has 1 aromatic carbocycles. The molecule has 26 heavy (non-hydrogen) atoms. The number of nitrogens with zero attached hydrogens (tertiary/aromatic N) is 2. The van der Waals surface area contributed by atoms with Crippen molar-refractivity contribution in [2.75, 3.05) is 40.3 Å². The average molecular weight is 361 g/mol. The number of hydrogen-bond donors (Lipinski definition) is 2. The monoisotopic (exact) mass is 360 g/mol. The van der Waals surface area contributed by atoms with Crippen molar-refractivity contribution in [1.29, 1.82) is 0 Å². The molecule has 0 radical (unpaired) electrons. The Balaban J connectivity index is 1.65. The zero-order valence-corrected chi connectivity index (χ0v) is 16.3. The molecule has 1 fully saturated rings. The average Bonchev–Trinajstić information content (AvgIpc) is 2.67. The van der Waals surface area contributed by atoms with E-state index in [0.717, 1.165) is 56.2 Å². The Hall–Kier alpha value is -2.24. The quantitative estimate of drug-likeness (QED) is 0.444. The summed E-state index contributed by atoms with van der Waals surface area (Å²) >= 11 is 0. The van der Waals surface area contributed by atoms with Crippen LogP contribution in [0.1, 0.15) is 31.2 Å². The third-order valence-electron chi connectivity index (χ3n) is 4.83. The molecule has 1 aliphatic rings. The van der Waals surface area contributed by atoms with E-state index in [0.29, 0.717) is 18.9 Å². The molecule has 144 valence electrons. The fourth-order valence-corrected chi connectivity index (χ4v) is 3.22. The van der Waals surface area contributed by atoms with Crippen LogP contribution in [0, 0.1) is 12.8 Å². The van der Waals surface area contributed by atoms with Crippen molar-refractivity contribution in [3.63, 3.8) is 0 Å². The molecule has 0 saturated carbocycles. The summed E-state index contributed by atoms with van der Waals surface area (Å²) in [6, 6.07) is 8.08. The zero-order chi connectivity index (χ0) is 18.8. The number of likely N-dealkylation sites (tertiary alicyclic amines) is 1. The molecule has 1 amide bonds. The van der Waals surface area contributed by atoms with Crippen LogP contribution in [0.3, 0.4) is 0 Å². The Kier molecular flexibility index (Phi) is 8.25. The van der Waals surface area contributed by atoms with Gasteiger partial charge in [0.1, 0.15) is 5.75 Å². The first-order chi connectivity index (χ1) is 12.6. The number of carbonyl (C=O) groups is 1. The van der Waals surface area contributed by atoms with E-state index < -0.39 is 0 Å². The number of piperidine rings is 1. The summed E-state index contributed by atoms with van der Waals surface area (Å²) in [5.41, 5.74) is 1.16. The number of rotatable bonds is 7. The highest BCUT2D eigenvalue weighted by molar-refractivity contribution is 5.80. The summed E-state index contributed by atoms with van der Waals surface area (Å²) in [4.78, 5) is 18.2. The standard InChI is InChI=1S/C20H32N4O2/c1-16-7-4-5-8-18(16)26-14-6-11-23-20(22-3)24-12-9-17(10-13-24)15-19(25)21-2/h4-5,7-8,17H,6,9-15H2,1-3H3,(H,21,25)(H,22,23). The van der Waals surface area contributed by atoms with Gasteiger partial charge in [-0.05, 0) is 43.7 Å². The maximum Gasteiger partial charge on any atom is 0.220 e. The molecule has 0 unspecified atom stereocenters. The van der Waals surface area contributed by atoms with Crippen LogP contribution >= 0.6 is 0 Å². The number of carbonyl (C=O) groups excluding carboxylic acids is 1. The smallest absolute Gasteiger partial charge is 0.220 e. The molecular weight excluding hydrogens is 328 g/mol. The number of ether oxygens (including phenoxy) is 1. The molecule has 1 aliphatic heterocycles. The van der Waals surface area contributed by atoms with E-state index in [4.69, 9.17) is 4.74 Å². The summed E-state index contributed by atoms with van der Waals surface area (Å²) in [6.07, 6.45) is 3.61. The SMILES string of the molecule is CN=C(NCCCOc1ccccc1C)N1CCC(CC(=O)NC)CC1. The van der Waals surface area contributed by atoms with Crippen molar-refractivity contribution < 1.29 is 9.53 Å². The van der Waals surface area contributed by atoms with Gasteiger partial charge in [0.15, 0.2) is 5.96 Å². The molecule has 0 aliphatic carbocycles. The third-order valence-corrected chi connectivity index (χ3v) is 4.83. The Labute approximate surface area is 157 Å². The van der Waals surface area contributed by atoms with Crippen molar-refractivity contribution in [3.8, 4) is 5.75 Å². The van der Waals surface area contributed by atoms with Gasteiger partial charge in [0.2, 0.25) is 5.91 Å². The first-order valence-corrected chi connectivity index (χ1v) is 9.48. The van der Waals surface area contributed by atoms with Crippen molar-refractivity contribution in [1.82, 2.24) is 15.5 Å². The number of benzene rings is 1. The molecule has 2 rings (SSSR count). The summed E-state index contributed by atoms with van der Waals surface area (Å²) < 4.78 is 5.83. The van der Waals surface area contributed by atoms with Gasteiger partial charge >= 0.3 is 0 Å². The van der Waals surface area contributed by atoms with E-state index in [2.05, 4.69) is 33.5 Å². The number of nitrogens with one attached hydrogen (secondary N) is 2. The lowest BCUT2D eigenvalue weighted by Gasteiger charge is -2.34. The Bertz CT molecular complexity index is 595. The van der Waals surface area contributed by atoms with E-state index in [1.807, 2.05) is 25.2 Å². The lowest BCUT2D eigenvalue weighted by molar-refractivity contribution is -0.121. The molecular formula is C20H32N4O2. The van der Waals surface area contributed by atoms with Crippen molar-refractivity contribution >= 4 is 11.9 Å². The molecule has 6 heteroatoms. The first kappa shape index (κ1) is 20.1. The number of aryl methyl sites for hydroxylation is 1. The molecule has 0 bridgehead atoms.